The van der Waals surface area contributed by atoms with Gasteiger partial charge in [0.25, 0.3) is 0 Å². The van der Waals surface area contributed by atoms with E-state index in [4.69, 9.17) is 0 Å². The fraction of sp³-hybridized carbons (Fsp3) is 0.857. The SMILES string of the molecule is CNC(=O)CCC(C)SC. The fourth-order valence-corrected chi connectivity index (χ4v) is 0.931. The molecule has 0 bridgehead atoms. The van der Waals surface area contributed by atoms with Gasteiger partial charge in [-0.25, -0.2) is 0 Å². The molecule has 60 valence electrons. The van der Waals surface area contributed by atoms with Crippen LogP contribution in [0.1, 0.15) is 19.8 Å². The summed E-state index contributed by atoms with van der Waals surface area (Å²) in [5.41, 5.74) is 0. The van der Waals surface area contributed by atoms with Gasteiger partial charge in [-0.3, -0.25) is 4.79 Å². The normalized spacial score (nSPS) is 12.7. The highest BCUT2D eigenvalue weighted by molar-refractivity contribution is 7.99. The zero-order valence-electron chi connectivity index (χ0n) is 6.81. The quantitative estimate of drug-likeness (QED) is 0.672. The molecule has 0 aromatic heterocycles. The molecule has 1 unspecified atom stereocenters. The van der Waals surface area contributed by atoms with Gasteiger partial charge >= 0.3 is 0 Å². The molecule has 0 saturated heterocycles. The second kappa shape index (κ2) is 5.59. The molecule has 0 heterocycles. The molecule has 0 rings (SSSR count). The van der Waals surface area contributed by atoms with Crippen molar-refractivity contribution in [2.24, 2.45) is 0 Å². The molecule has 0 fully saturated rings. The number of hydrogen-bond acceptors (Lipinski definition) is 2. The first-order chi connectivity index (χ1) is 4.70. The first-order valence-electron chi connectivity index (χ1n) is 3.44. The number of carbonyl (C=O) groups is 1. The maximum Gasteiger partial charge on any atom is 0.219 e. The van der Waals surface area contributed by atoms with Crippen molar-refractivity contribution in [1.29, 1.82) is 0 Å². The van der Waals surface area contributed by atoms with Gasteiger partial charge in [-0.15, -0.1) is 0 Å². The van der Waals surface area contributed by atoms with E-state index in [2.05, 4.69) is 18.5 Å². The van der Waals surface area contributed by atoms with Crippen LogP contribution in [0.4, 0.5) is 0 Å². The van der Waals surface area contributed by atoms with Gasteiger partial charge in [0.1, 0.15) is 0 Å². The van der Waals surface area contributed by atoms with E-state index in [1.165, 1.54) is 0 Å². The summed E-state index contributed by atoms with van der Waals surface area (Å²) >= 11 is 1.80. The summed E-state index contributed by atoms with van der Waals surface area (Å²) in [6.07, 6.45) is 3.69. The van der Waals surface area contributed by atoms with Crippen molar-refractivity contribution in [2.75, 3.05) is 13.3 Å². The number of amides is 1. The summed E-state index contributed by atoms with van der Waals surface area (Å²) in [6.45, 7) is 2.13. The van der Waals surface area contributed by atoms with Crippen LogP contribution in [0.15, 0.2) is 0 Å². The van der Waals surface area contributed by atoms with E-state index < -0.39 is 0 Å². The largest absolute Gasteiger partial charge is 0.359 e. The fourth-order valence-electron chi connectivity index (χ4n) is 0.577. The van der Waals surface area contributed by atoms with Crippen molar-refractivity contribution in [2.45, 2.75) is 25.0 Å². The van der Waals surface area contributed by atoms with Crippen LogP contribution in [0, 0.1) is 0 Å². The van der Waals surface area contributed by atoms with Crippen LogP contribution in [0.3, 0.4) is 0 Å². The van der Waals surface area contributed by atoms with Crippen LogP contribution < -0.4 is 5.32 Å². The van der Waals surface area contributed by atoms with Gasteiger partial charge in [0.15, 0.2) is 0 Å². The molecule has 0 aromatic carbocycles. The third-order valence-electron chi connectivity index (χ3n) is 1.46. The first-order valence-corrected chi connectivity index (χ1v) is 4.73. The van der Waals surface area contributed by atoms with Crippen LogP contribution in [0.5, 0.6) is 0 Å². The minimum Gasteiger partial charge on any atom is -0.359 e. The predicted octanol–water partition coefficient (Wildman–Crippen LogP) is 1.26. The average Bonchev–Trinajstić information content (AvgIpc) is 1.99. The van der Waals surface area contributed by atoms with Gasteiger partial charge in [0, 0.05) is 18.7 Å². The highest BCUT2D eigenvalue weighted by Gasteiger charge is 2.02. The van der Waals surface area contributed by atoms with Crippen molar-refractivity contribution in [3.63, 3.8) is 0 Å². The van der Waals surface area contributed by atoms with E-state index in [0.717, 1.165) is 6.42 Å². The number of rotatable bonds is 4. The smallest absolute Gasteiger partial charge is 0.219 e. The molecule has 0 radical (unpaired) electrons. The van der Waals surface area contributed by atoms with Crippen molar-refractivity contribution in [3.05, 3.63) is 0 Å². The molecule has 0 spiro atoms. The summed E-state index contributed by atoms with van der Waals surface area (Å²) in [6, 6.07) is 0. The summed E-state index contributed by atoms with van der Waals surface area (Å²) in [5, 5.41) is 3.19. The van der Waals surface area contributed by atoms with Crippen LogP contribution in [0.2, 0.25) is 0 Å². The average molecular weight is 161 g/mol. The Balaban J connectivity index is 3.26. The Morgan fingerprint density at radius 2 is 2.30 bits per heavy atom. The Bertz CT molecular complexity index is 106. The molecule has 0 aliphatic rings. The molecule has 3 heteroatoms. The van der Waals surface area contributed by atoms with Gasteiger partial charge in [0.2, 0.25) is 5.91 Å². The molecule has 1 amide bonds. The lowest BCUT2D eigenvalue weighted by Gasteiger charge is -2.05. The number of thioether (sulfide) groups is 1. The van der Waals surface area contributed by atoms with E-state index in [1.807, 2.05) is 0 Å². The van der Waals surface area contributed by atoms with Gasteiger partial charge in [0.05, 0.1) is 0 Å². The Hall–Kier alpha value is -0.180. The van der Waals surface area contributed by atoms with Crippen LogP contribution >= 0.6 is 11.8 Å². The summed E-state index contributed by atoms with van der Waals surface area (Å²) in [7, 11) is 1.67. The van der Waals surface area contributed by atoms with Gasteiger partial charge in [-0.2, -0.15) is 11.8 Å². The number of carbonyl (C=O) groups excluding carboxylic acids is 1. The highest BCUT2D eigenvalue weighted by Crippen LogP contribution is 2.10. The highest BCUT2D eigenvalue weighted by atomic mass is 32.2. The van der Waals surface area contributed by atoms with Crippen molar-refractivity contribution in [3.8, 4) is 0 Å². The summed E-state index contributed by atoms with van der Waals surface area (Å²) in [5.74, 6) is 0.140. The second-order valence-corrected chi connectivity index (χ2v) is 3.53. The minimum atomic E-state index is 0.140. The van der Waals surface area contributed by atoms with E-state index in [1.54, 1.807) is 18.8 Å². The van der Waals surface area contributed by atoms with Crippen LogP contribution in [-0.2, 0) is 4.79 Å². The molecule has 0 aromatic rings. The van der Waals surface area contributed by atoms with Gasteiger partial charge < -0.3 is 5.32 Å². The third-order valence-corrected chi connectivity index (χ3v) is 2.50. The lowest BCUT2D eigenvalue weighted by molar-refractivity contribution is -0.120. The van der Waals surface area contributed by atoms with Gasteiger partial charge in [-0.05, 0) is 12.7 Å². The lowest BCUT2D eigenvalue weighted by Crippen LogP contribution is -2.18. The number of hydrogen-bond donors (Lipinski definition) is 1. The van der Waals surface area contributed by atoms with Crippen molar-refractivity contribution >= 4 is 17.7 Å². The van der Waals surface area contributed by atoms with E-state index in [0.29, 0.717) is 11.7 Å². The Labute approximate surface area is 66.8 Å². The zero-order chi connectivity index (χ0) is 7.98. The maximum absolute atomic E-state index is 10.7. The lowest BCUT2D eigenvalue weighted by atomic mass is 10.2. The van der Waals surface area contributed by atoms with Crippen LogP contribution in [-0.4, -0.2) is 24.5 Å². The molecule has 2 nitrogen and oxygen atoms in total. The van der Waals surface area contributed by atoms with Crippen LogP contribution in [0.25, 0.3) is 0 Å². The summed E-state index contributed by atoms with van der Waals surface area (Å²) in [4.78, 5) is 10.7. The number of nitrogens with one attached hydrogen (secondary N) is 1. The topological polar surface area (TPSA) is 29.1 Å². The van der Waals surface area contributed by atoms with Crippen molar-refractivity contribution < 1.29 is 4.79 Å². The van der Waals surface area contributed by atoms with E-state index in [9.17, 15) is 4.79 Å². The monoisotopic (exact) mass is 161 g/mol. The minimum absolute atomic E-state index is 0.140. The van der Waals surface area contributed by atoms with Gasteiger partial charge in [-0.1, -0.05) is 6.92 Å². The molecule has 1 atom stereocenters. The van der Waals surface area contributed by atoms with E-state index in [-0.39, 0.29) is 5.91 Å². The predicted molar refractivity (Wildman–Crippen MR) is 46.3 cm³/mol. The molecule has 0 aliphatic heterocycles. The molecule has 0 aliphatic carbocycles. The molecule has 1 N–H and O–H groups in total. The second-order valence-electron chi connectivity index (χ2n) is 2.26. The van der Waals surface area contributed by atoms with Crippen molar-refractivity contribution in [1.82, 2.24) is 5.32 Å². The Morgan fingerprint density at radius 3 is 2.70 bits per heavy atom. The third kappa shape index (κ3) is 4.68. The zero-order valence-corrected chi connectivity index (χ0v) is 7.62. The molecular weight excluding hydrogens is 146 g/mol. The standard InChI is InChI=1S/C7H15NOS/c1-6(10-3)4-5-7(9)8-2/h6H,4-5H2,1-3H3,(H,8,9). The maximum atomic E-state index is 10.7. The first kappa shape index (κ1) is 9.82. The molecular formula is C7H15NOS. The molecule has 0 saturated carbocycles. The summed E-state index contributed by atoms with van der Waals surface area (Å²) < 4.78 is 0. The Morgan fingerprint density at radius 1 is 1.70 bits per heavy atom. The van der Waals surface area contributed by atoms with E-state index >= 15 is 0 Å². The molecule has 10 heavy (non-hydrogen) atoms. The Kier molecular flexibility index (Phi) is 5.49.